The van der Waals surface area contributed by atoms with Gasteiger partial charge in [0.15, 0.2) is 0 Å². The lowest BCUT2D eigenvalue weighted by molar-refractivity contribution is -0.385. The third-order valence-electron chi connectivity index (χ3n) is 3.09. The lowest BCUT2D eigenvalue weighted by atomic mass is 10.2. The lowest BCUT2D eigenvalue weighted by Crippen LogP contribution is -2.35. The summed E-state index contributed by atoms with van der Waals surface area (Å²) >= 11 is 5.78. The number of carbonyl (C=O) groups excluding carboxylic acids is 1. The molecule has 1 saturated heterocycles. The molecule has 0 spiro atoms. The molecule has 2 rings (SSSR count). The molecule has 1 fully saturated rings. The summed E-state index contributed by atoms with van der Waals surface area (Å²) in [6.07, 6.45) is 0.706. The van der Waals surface area contributed by atoms with Crippen LogP contribution in [0.25, 0.3) is 0 Å². The van der Waals surface area contributed by atoms with Crippen LogP contribution in [0.1, 0.15) is 19.0 Å². The molecular formula is C11H14ClN5O3. The van der Waals surface area contributed by atoms with E-state index in [2.05, 4.69) is 15.3 Å². The Hall–Kier alpha value is -1.96. The fraction of sp³-hybridized carbons (Fsp3) is 0.545. The quantitative estimate of drug-likeness (QED) is 0.509. The number of nitrogens with zero attached hydrogens (tertiary/aromatic N) is 4. The molecule has 1 unspecified atom stereocenters. The second-order valence-corrected chi connectivity index (χ2v) is 4.98. The van der Waals surface area contributed by atoms with Crippen molar-refractivity contribution >= 4 is 29.0 Å². The van der Waals surface area contributed by atoms with Crippen molar-refractivity contribution in [2.45, 2.75) is 26.3 Å². The van der Waals surface area contributed by atoms with Crippen LogP contribution in [-0.4, -0.2) is 39.9 Å². The summed E-state index contributed by atoms with van der Waals surface area (Å²) in [4.78, 5) is 31.2. The van der Waals surface area contributed by atoms with Gasteiger partial charge >= 0.3 is 5.69 Å². The van der Waals surface area contributed by atoms with Gasteiger partial charge in [-0.25, -0.2) is 4.98 Å². The monoisotopic (exact) mass is 299 g/mol. The zero-order chi connectivity index (χ0) is 14.9. The number of nitrogens with one attached hydrogen (secondary N) is 1. The van der Waals surface area contributed by atoms with E-state index >= 15 is 0 Å². The highest BCUT2D eigenvalue weighted by atomic mass is 35.5. The Bertz CT molecular complexity index is 565. The molecule has 1 aromatic heterocycles. The van der Waals surface area contributed by atoms with Crippen molar-refractivity contribution in [3.8, 4) is 0 Å². The van der Waals surface area contributed by atoms with E-state index in [1.807, 2.05) is 0 Å². The molecule has 1 atom stereocenters. The largest absolute Gasteiger partial charge is 0.352 e. The Morgan fingerprint density at radius 1 is 1.55 bits per heavy atom. The summed E-state index contributed by atoms with van der Waals surface area (Å²) in [5.41, 5.74) is 0.0888. The minimum absolute atomic E-state index is 0.0222. The molecule has 1 aromatic rings. The van der Waals surface area contributed by atoms with Crippen molar-refractivity contribution in [1.29, 1.82) is 0 Å². The maximum atomic E-state index is 11.2. The third-order valence-corrected chi connectivity index (χ3v) is 3.26. The smallest absolute Gasteiger partial charge is 0.332 e. The van der Waals surface area contributed by atoms with Gasteiger partial charge in [-0.1, -0.05) is 0 Å². The number of anilines is 1. The molecule has 1 amide bonds. The zero-order valence-electron chi connectivity index (χ0n) is 11.1. The summed E-state index contributed by atoms with van der Waals surface area (Å²) < 4.78 is 0. The Morgan fingerprint density at radius 3 is 2.85 bits per heavy atom. The number of hydrogen-bond donors (Lipinski definition) is 1. The summed E-state index contributed by atoms with van der Waals surface area (Å²) in [7, 11) is 0. The molecule has 108 valence electrons. The van der Waals surface area contributed by atoms with E-state index < -0.39 is 4.92 Å². The van der Waals surface area contributed by atoms with Crippen LogP contribution in [0.3, 0.4) is 0 Å². The van der Waals surface area contributed by atoms with Crippen molar-refractivity contribution in [3.63, 3.8) is 0 Å². The maximum Gasteiger partial charge on any atom is 0.332 e. The number of nitro groups is 1. The second-order valence-electron chi connectivity index (χ2n) is 4.64. The topological polar surface area (TPSA) is 101 Å². The van der Waals surface area contributed by atoms with Crippen LogP contribution in [-0.2, 0) is 4.79 Å². The van der Waals surface area contributed by atoms with E-state index in [1.165, 1.54) is 13.8 Å². The third kappa shape index (κ3) is 2.96. The fourth-order valence-corrected chi connectivity index (χ4v) is 2.52. The summed E-state index contributed by atoms with van der Waals surface area (Å²) in [6.45, 7) is 4.00. The molecule has 0 saturated carbocycles. The molecular weight excluding hydrogens is 286 g/mol. The standard InChI is InChI=1S/C11H14ClN5O3/c1-6-9(17(19)20)10(15-11(12)13-6)16-4-3-8(5-16)14-7(2)18/h8H,3-5H2,1-2H3,(H,14,18). The first-order valence-electron chi connectivity index (χ1n) is 6.09. The average molecular weight is 300 g/mol. The van der Waals surface area contributed by atoms with Crippen molar-refractivity contribution in [2.75, 3.05) is 18.0 Å². The van der Waals surface area contributed by atoms with E-state index in [4.69, 9.17) is 11.6 Å². The Morgan fingerprint density at radius 2 is 2.25 bits per heavy atom. The van der Waals surface area contributed by atoms with Crippen molar-refractivity contribution in [2.24, 2.45) is 0 Å². The molecule has 0 aromatic carbocycles. The molecule has 0 bridgehead atoms. The van der Waals surface area contributed by atoms with Gasteiger partial charge in [0.1, 0.15) is 5.69 Å². The van der Waals surface area contributed by atoms with E-state index in [1.54, 1.807) is 4.90 Å². The first-order chi connectivity index (χ1) is 9.38. The molecule has 8 nitrogen and oxygen atoms in total. The van der Waals surface area contributed by atoms with Gasteiger partial charge in [-0.05, 0) is 24.9 Å². The molecule has 0 radical (unpaired) electrons. The van der Waals surface area contributed by atoms with Crippen LogP contribution in [0.5, 0.6) is 0 Å². The predicted octanol–water partition coefficient (Wildman–Crippen LogP) is 1.06. The number of rotatable bonds is 3. The van der Waals surface area contributed by atoms with Gasteiger partial charge in [-0.15, -0.1) is 0 Å². The number of aromatic nitrogens is 2. The highest BCUT2D eigenvalue weighted by molar-refractivity contribution is 6.28. The van der Waals surface area contributed by atoms with Crippen LogP contribution in [0, 0.1) is 17.0 Å². The van der Waals surface area contributed by atoms with Gasteiger partial charge in [-0.3, -0.25) is 14.9 Å². The van der Waals surface area contributed by atoms with Crippen molar-refractivity contribution < 1.29 is 9.72 Å². The SMILES string of the molecule is CC(=O)NC1CCN(c2nc(Cl)nc(C)c2[N+](=O)[O-])C1. The van der Waals surface area contributed by atoms with Crippen molar-refractivity contribution in [1.82, 2.24) is 15.3 Å². The minimum atomic E-state index is -0.507. The van der Waals surface area contributed by atoms with Crippen molar-refractivity contribution in [3.05, 3.63) is 21.1 Å². The summed E-state index contributed by atoms with van der Waals surface area (Å²) in [5, 5.41) is 13.9. The molecule has 1 aliphatic heterocycles. The second kappa shape index (κ2) is 5.58. The Labute approximate surface area is 120 Å². The number of aryl methyl sites for hydroxylation is 1. The first kappa shape index (κ1) is 14.4. The van der Waals surface area contributed by atoms with E-state index in [9.17, 15) is 14.9 Å². The van der Waals surface area contributed by atoms with Crippen LogP contribution in [0.15, 0.2) is 0 Å². The molecule has 9 heteroatoms. The number of halogens is 1. The molecule has 20 heavy (non-hydrogen) atoms. The predicted molar refractivity (Wildman–Crippen MR) is 72.9 cm³/mol. The van der Waals surface area contributed by atoms with Gasteiger partial charge in [0, 0.05) is 26.1 Å². The molecule has 2 heterocycles. The van der Waals surface area contributed by atoms with Crippen LogP contribution in [0.4, 0.5) is 11.5 Å². The van der Waals surface area contributed by atoms with Gasteiger partial charge in [-0.2, -0.15) is 4.98 Å². The zero-order valence-corrected chi connectivity index (χ0v) is 11.8. The average Bonchev–Trinajstić information content (AvgIpc) is 2.74. The van der Waals surface area contributed by atoms with Gasteiger partial charge in [0.2, 0.25) is 17.0 Å². The summed E-state index contributed by atoms with van der Waals surface area (Å²) in [5.74, 6) is 0.0867. The normalized spacial score (nSPS) is 18.1. The summed E-state index contributed by atoms with van der Waals surface area (Å²) in [6, 6.07) is -0.0406. The number of amides is 1. The first-order valence-corrected chi connectivity index (χ1v) is 6.47. The Balaban J connectivity index is 2.29. The maximum absolute atomic E-state index is 11.2. The fourth-order valence-electron chi connectivity index (χ4n) is 2.31. The van der Waals surface area contributed by atoms with Gasteiger partial charge in [0.25, 0.3) is 0 Å². The molecule has 1 aliphatic rings. The molecule has 0 aliphatic carbocycles. The minimum Gasteiger partial charge on any atom is -0.352 e. The van der Waals surface area contributed by atoms with Gasteiger partial charge in [0.05, 0.1) is 4.92 Å². The Kier molecular flexibility index (Phi) is 4.03. The molecule has 1 N–H and O–H groups in total. The van der Waals surface area contributed by atoms with E-state index in [0.717, 1.165) is 0 Å². The van der Waals surface area contributed by atoms with E-state index in [-0.39, 0.29) is 34.4 Å². The van der Waals surface area contributed by atoms with Crippen LogP contribution >= 0.6 is 11.6 Å². The van der Waals surface area contributed by atoms with Crippen LogP contribution in [0.2, 0.25) is 5.28 Å². The highest BCUT2D eigenvalue weighted by Gasteiger charge is 2.31. The number of hydrogen-bond acceptors (Lipinski definition) is 6. The van der Waals surface area contributed by atoms with E-state index in [0.29, 0.717) is 19.5 Å². The highest BCUT2D eigenvalue weighted by Crippen LogP contribution is 2.31. The van der Waals surface area contributed by atoms with Crippen LogP contribution < -0.4 is 10.2 Å². The lowest BCUT2D eigenvalue weighted by Gasteiger charge is -2.18. The number of carbonyl (C=O) groups is 1. The van der Waals surface area contributed by atoms with Gasteiger partial charge < -0.3 is 10.2 Å².